The normalized spacial score (nSPS) is 11.1. The second-order valence-corrected chi connectivity index (χ2v) is 7.80. The number of unbranched alkanes of at least 4 members (excludes halogenated alkanes) is 2. The maximum Gasteiger partial charge on any atom is 0.341 e. The number of hydrogen-bond acceptors (Lipinski definition) is 5. The summed E-state index contributed by atoms with van der Waals surface area (Å²) < 4.78 is 37.5. The van der Waals surface area contributed by atoms with Crippen LogP contribution in [0.25, 0.3) is 0 Å². The van der Waals surface area contributed by atoms with Crippen molar-refractivity contribution in [1.29, 1.82) is 0 Å². The van der Waals surface area contributed by atoms with Gasteiger partial charge < -0.3 is 9.47 Å². The van der Waals surface area contributed by atoms with Crippen LogP contribution >= 0.6 is 0 Å². The zero-order valence-corrected chi connectivity index (χ0v) is 16.6. The van der Waals surface area contributed by atoms with Crippen molar-refractivity contribution < 1.29 is 22.7 Å². The Hall–Kier alpha value is -2.54. The third-order valence-electron chi connectivity index (χ3n) is 4.16. The molecule has 1 N–H and O–H groups in total. The molecule has 0 fully saturated rings. The second-order valence-electron chi connectivity index (χ2n) is 6.11. The highest BCUT2D eigenvalue weighted by Gasteiger charge is 2.17. The van der Waals surface area contributed by atoms with Crippen LogP contribution in [0.2, 0.25) is 0 Å². The minimum atomic E-state index is -3.74. The highest BCUT2D eigenvalue weighted by molar-refractivity contribution is 7.92. The van der Waals surface area contributed by atoms with Gasteiger partial charge in [-0.15, -0.1) is 0 Å². The van der Waals surface area contributed by atoms with Crippen LogP contribution in [0.1, 0.15) is 42.1 Å². The summed E-state index contributed by atoms with van der Waals surface area (Å²) in [4.78, 5) is 11.9. The van der Waals surface area contributed by atoms with Crippen LogP contribution in [0.5, 0.6) is 5.75 Å². The van der Waals surface area contributed by atoms with Crippen molar-refractivity contribution in [1.82, 2.24) is 0 Å². The highest BCUT2D eigenvalue weighted by atomic mass is 32.2. The first-order valence-electron chi connectivity index (χ1n) is 8.79. The average Bonchev–Trinajstić information content (AvgIpc) is 2.67. The molecule has 0 aliphatic heterocycles. The van der Waals surface area contributed by atoms with E-state index in [0.717, 1.165) is 31.2 Å². The molecule has 0 aromatic heterocycles. The van der Waals surface area contributed by atoms with E-state index in [1.54, 1.807) is 12.1 Å². The van der Waals surface area contributed by atoms with Crippen LogP contribution < -0.4 is 9.46 Å². The SMILES string of the molecule is CCCCCc1ccc(S(=O)(=O)Nc2ccc(C(=O)OC)c(OC)c2)cc1. The highest BCUT2D eigenvalue weighted by Crippen LogP contribution is 2.26. The molecule has 0 unspecified atom stereocenters. The number of carbonyl (C=O) groups excluding carboxylic acids is 1. The van der Waals surface area contributed by atoms with E-state index >= 15 is 0 Å². The fourth-order valence-corrected chi connectivity index (χ4v) is 3.71. The van der Waals surface area contributed by atoms with Gasteiger partial charge in [0.05, 0.1) is 24.8 Å². The quantitative estimate of drug-likeness (QED) is 0.516. The number of benzene rings is 2. The summed E-state index contributed by atoms with van der Waals surface area (Å²) in [5.41, 5.74) is 1.64. The largest absolute Gasteiger partial charge is 0.496 e. The van der Waals surface area contributed by atoms with E-state index in [9.17, 15) is 13.2 Å². The summed E-state index contributed by atoms with van der Waals surface area (Å²) in [6, 6.07) is 11.3. The molecule has 0 atom stereocenters. The van der Waals surface area contributed by atoms with Crippen molar-refractivity contribution in [2.24, 2.45) is 0 Å². The number of hydrogen-bond donors (Lipinski definition) is 1. The van der Waals surface area contributed by atoms with E-state index in [4.69, 9.17) is 4.74 Å². The van der Waals surface area contributed by atoms with Crippen LogP contribution in [-0.4, -0.2) is 28.6 Å². The molecule has 2 aromatic rings. The van der Waals surface area contributed by atoms with Gasteiger partial charge in [0.25, 0.3) is 10.0 Å². The molecule has 0 spiro atoms. The standard InChI is InChI=1S/C20H25NO5S/c1-4-5-6-7-15-8-11-17(12-9-15)27(23,24)21-16-10-13-18(20(22)26-3)19(14-16)25-2/h8-14,21H,4-7H2,1-3H3. The average molecular weight is 391 g/mol. The molecule has 7 heteroatoms. The van der Waals surface area contributed by atoms with E-state index in [1.807, 2.05) is 12.1 Å². The predicted octanol–water partition coefficient (Wildman–Crippen LogP) is 4.02. The molecule has 0 aliphatic rings. The second kappa shape index (κ2) is 9.41. The lowest BCUT2D eigenvalue weighted by Crippen LogP contribution is -2.13. The summed E-state index contributed by atoms with van der Waals surface area (Å²) in [6.07, 6.45) is 4.33. The first-order valence-corrected chi connectivity index (χ1v) is 10.3. The topological polar surface area (TPSA) is 81.7 Å². The van der Waals surface area contributed by atoms with Crippen molar-refractivity contribution in [3.63, 3.8) is 0 Å². The van der Waals surface area contributed by atoms with Gasteiger partial charge in [-0.1, -0.05) is 31.9 Å². The first-order chi connectivity index (χ1) is 12.9. The molecule has 0 amide bonds. The Labute approximate surface area is 160 Å². The van der Waals surface area contributed by atoms with E-state index in [0.29, 0.717) is 5.69 Å². The maximum absolute atomic E-state index is 12.6. The van der Waals surface area contributed by atoms with Gasteiger partial charge in [0.1, 0.15) is 11.3 Å². The number of ether oxygens (including phenoxy) is 2. The van der Waals surface area contributed by atoms with E-state index in [2.05, 4.69) is 16.4 Å². The molecule has 0 aliphatic carbocycles. The van der Waals surface area contributed by atoms with E-state index < -0.39 is 16.0 Å². The van der Waals surface area contributed by atoms with Gasteiger partial charge in [0.2, 0.25) is 0 Å². The lowest BCUT2D eigenvalue weighted by atomic mass is 10.1. The number of anilines is 1. The molecule has 2 aromatic carbocycles. The van der Waals surface area contributed by atoms with Gasteiger partial charge in [-0.2, -0.15) is 0 Å². The third kappa shape index (κ3) is 5.47. The number of sulfonamides is 1. The van der Waals surface area contributed by atoms with Crippen LogP contribution in [0.15, 0.2) is 47.4 Å². The molecule has 0 saturated carbocycles. The molecule has 6 nitrogen and oxygen atoms in total. The zero-order chi connectivity index (χ0) is 19.9. The van der Waals surface area contributed by atoms with Gasteiger partial charge in [-0.3, -0.25) is 4.72 Å². The van der Waals surface area contributed by atoms with E-state index in [-0.39, 0.29) is 16.2 Å². The Morgan fingerprint density at radius 1 is 1.04 bits per heavy atom. The zero-order valence-electron chi connectivity index (χ0n) is 15.8. The van der Waals surface area contributed by atoms with Crippen molar-refractivity contribution in [2.75, 3.05) is 18.9 Å². The Morgan fingerprint density at radius 2 is 1.74 bits per heavy atom. The smallest absolute Gasteiger partial charge is 0.341 e. The number of nitrogens with one attached hydrogen (secondary N) is 1. The number of esters is 1. The van der Waals surface area contributed by atoms with Crippen LogP contribution in [0.4, 0.5) is 5.69 Å². The molecule has 27 heavy (non-hydrogen) atoms. The molecule has 0 saturated heterocycles. The summed E-state index contributed by atoms with van der Waals surface area (Å²) in [6.45, 7) is 2.15. The molecule has 146 valence electrons. The Kier molecular flexibility index (Phi) is 7.24. The Balaban J connectivity index is 2.17. The number of rotatable bonds is 9. The van der Waals surface area contributed by atoms with Gasteiger partial charge in [0.15, 0.2) is 0 Å². The predicted molar refractivity (Wildman–Crippen MR) is 105 cm³/mol. The molecule has 0 radical (unpaired) electrons. The molecule has 0 heterocycles. The number of methoxy groups -OCH3 is 2. The first kappa shape index (κ1) is 20.8. The fraction of sp³-hybridized carbons (Fsp3) is 0.350. The van der Waals surface area contributed by atoms with E-state index in [1.165, 1.54) is 32.4 Å². The fourth-order valence-electron chi connectivity index (χ4n) is 2.66. The summed E-state index contributed by atoms with van der Waals surface area (Å²) in [5.74, 6) is -0.326. The lowest BCUT2D eigenvalue weighted by Gasteiger charge is -2.12. The molecular formula is C20H25NO5S. The van der Waals surface area contributed by atoms with Gasteiger partial charge in [-0.25, -0.2) is 13.2 Å². The summed E-state index contributed by atoms with van der Waals surface area (Å²) in [7, 11) is -1.07. The Bertz CT molecular complexity index is 876. The van der Waals surface area contributed by atoms with Crippen molar-refractivity contribution in [3.05, 3.63) is 53.6 Å². The van der Waals surface area contributed by atoms with Gasteiger partial charge in [-0.05, 0) is 42.7 Å². The molecule has 0 bridgehead atoms. The maximum atomic E-state index is 12.6. The summed E-state index contributed by atoms with van der Waals surface area (Å²) >= 11 is 0. The van der Waals surface area contributed by atoms with Crippen molar-refractivity contribution >= 4 is 21.7 Å². The van der Waals surface area contributed by atoms with Crippen molar-refractivity contribution in [3.8, 4) is 5.75 Å². The van der Waals surface area contributed by atoms with Gasteiger partial charge in [0, 0.05) is 6.07 Å². The van der Waals surface area contributed by atoms with Crippen LogP contribution in [0, 0.1) is 0 Å². The van der Waals surface area contributed by atoms with Crippen molar-refractivity contribution in [2.45, 2.75) is 37.5 Å². The summed E-state index contributed by atoms with van der Waals surface area (Å²) in [5, 5.41) is 0. The molecular weight excluding hydrogens is 366 g/mol. The van der Waals surface area contributed by atoms with Crippen LogP contribution in [0.3, 0.4) is 0 Å². The monoisotopic (exact) mass is 391 g/mol. The number of carbonyl (C=O) groups is 1. The lowest BCUT2D eigenvalue weighted by molar-refractivity contribution is 0.0597. The minimum Gasteiger partial charge on any atom is -0.496 e. The van der Waals surface area contributed by atoms with Crippen LogP contribution in [-0.2, 0) is 21.2 Å². The molecule has 2 rings (SSSR count). The number of aryl methyl sites for hydroxylation is 1. The minimum absolute atomic E-state index is 0.178. The third-order valence-corrected chi connectivity index (χ3v) is 5.56. The Morgan fingerprint density at radius 3 is 2.33 bits per heavy atom. The van der Waals surface area contributed by atoms with Gasteiger partial charge >= 0.3 is 5.97 Å².